The van der Waals surface area contributed by atoms with E-state index in [4.69, 9.17) is 4.74 Å². The van der Waals surface area contributed by atoms with Crippen LogP contribution in [0.25, 0.3) is 0 Å². The Morgan fingerprint density at radius 3 is 2.88 bits per heavy atom. The van der Waals surface area contributed by atoms with Crippen LogP contribution in [0.2, 0.25) is 0 Å². The predicted octanol–water partition coefficient (Wildman–Crippen LogP) is 2.23. The van der Waals surface area contributed by atoms with Gasteiger partial charge in [0.25, 0.3) is 5.91 Å². The van der Waals surface area contributed by atoms with Gasteiger partial charge in [-0.2, -0.15) is 0 Å². The first-order chi connectivity index (χ1) is 11.7. The maximum atomic E-state index is 12.1. The lowest BCUT2D eigenvalue weighted by atomic mass is 10.2. The maximum Gasteiger partial charge on any atom is 0.257 e. The second-order valence-corrected chi connectivity index (χ2v) is 6.44. The largest absolute Gasteiger partial charge is 0.376 e. The minimum absolute atomic E-state index is 0.0864. The number of aromatic nitrogens is 1. The summed E-state index contributed by atoms with van der Waals surface area (Å²) >= 11 is 1.31. The summed E-state index contributed by atoms with van der Waals surface area (Å²) in [6.45, 7) is 1.32. The average Bonchev–Trinajstić information content (AvgIpc) is 3.26. The standard InChI is InChI=1S/C17H19N3O3S/c21-15(18-10-14-7-4-8-23-14)9-13-11-24-17(19-13)20-16(22)12-5-2-1-3-6-12/h1-3,5-6,11,14H,4,7-10H2,(H,18,21)(H,19,20,22)/t14-/m1/s1. The van der Waals surface area contributed by atoms with Crippen LogP contribution in [-0.4, -0.2) is 36.1 Å². The Bertz CT molecular complexity index is 696. The van der Waals surface area contributed by atoms with E-state index in [9.17, 15) is 9.59 Å². The summed E-state index contributed by atoms with van der Waals surface area (Å²) in [7, 11) is 0. The lowest BCUT2D eigenvalue weighted by Crippen LogP contribution is -2.32. The lowest BCUT2D eigenvalue weighted by molar-refractivity contribution is -0.121. The van der Waals surface area contributed by atoms with Gasteiger partial charge in [0.15, 0.2) is 5.13 Å². The first-order valence-electron chi connectivity index (χ1n) is 7.90. The fourth-order valence-corrected chi connectivity index (χ4v) is 3.17. The number of carbonyl (C=O) groups excluding carboxylic acids is 2. The number of anilines is 1. The molecule has 1 aromatic heterocycles. The van der Waals surface area contributed by atoms with Gasteiger partial charge in [0.1, 0.15) is 0 Å². The van der Waals surface area contributed by atoms with Gasteiger partial charge in [-0.3, -0.25) is 14.9 Å². The van der Waals surface area contributed by atoms with E-state index in [0.29, 0.717) is 22.9 Å². The third kappa shape index (κ3) is 4.62. The lowest BCUT2D eigenvalue weighted by Gasteiger charge is -2.09. The van der Waals surface area contributed by atoms with Crippen molar-refractivity contribution >= 4 is 28.3 Å². The van der Waals surface area contributed by atoms with E-state index in [-0.39, 0.29) is 24.3 Å². The molecule has 6 nitrogen and oxygen atoms in total. The molecule has 0 aliphatic carbocycles. The van der Waals surface area contributed by atoms with Gasteiger partial charge >= 0.3 is 0 Å². The van der Waals surface area contributed by atoms with Crippen molar-refractivity contribution in [2.75, 3.05) is 18.5 Å². The molecule has 1 aromatic carbocycles. The molecule has 2 aromatic rings. The first-order valence-corrected chi connectivity index (χ1v) is 8.78. The van der Waals surface area contributed by atoms with Crippen molar-refractivity contribution in [1.29, 1.82) is 0 Å². The Balaban J connectivity index is 1.48. The minimum Gasteiger partial charge on any atom is -0.376 e. The van der Waals surface area contributed by atoms with Crippen LogP contribution in [0.1, 0.15) is 28.9 Å². The van der Waals surface area contributed by atoms with Crippen molar-refractivity contribution in [3.8, 4) is 0 Å². The van der Waals surface area contributed by atoms with Crippen LogP contribution in [0.3, 0.4) is 0 Å². The third-order valence-corrected chi connectivity index (χ3v) is 4.51. The summed E-state index contributed by atoms with van der Waals surface area (Å²) in [5.74, 6) is -0.295. The number of nitrogens with zero attached hydrogens (tertiary/aromatic N) is 1. The fourth-order valence-electron chi connectivity index (χ4n) is 2.46. The highest BCUT2D eigenvalue weighted by atomic mass is 32.1. The molecule has 1 aliphatic heterocycles. The molecule has 2 amide bonds. The summed E-state index contributed by atoms with van der Waals surface area (Å²) < 4.78 is 5.47. The zero-order chi connectivity index (χ0) is 16.8. The van der Waals surface area contributed by atoms with Crippen molar-refractivity contribution < 1.29 is 14.3 Å². The number of carbonyl (C=O) groups is 2. The van der Waals surface area contributed by atoms with Crippen molar-refractivity contribution in [1.82, 2.24) is 10.3 Å². The number of rotatable bonds is 6. The maximum absolute atomic E-state index is 12.1. The number of ether oxygens (including phenoxy) is 1. The molecule has 7 heteroatoms. The highest BCUT2D eigenvalue weighted by molar-refractivity contribution is 7.14. The highest BCUT2D eigenvalue weighted by Gasteiger charge is 2.17. The quantitative estimate of drug-likeness (QED) is 0.841. The smallest absolute Gasteiger partial charge is 0.257 e. The molecule has 126 valence electrons. The van der Waals surface area contributed by atoms with E-state index >= 15 is 0 Å². The van der Waals surface area contributed by atoms with Gasteiger partial charge in [0, 0.05) is 24.1 Å². The molecule has 0 spiro atoms. The highest BCUT2D eigenvalue weighted by Crippen LogP contribution is 2.17. The van der Waals surface area contributed by atoms with Crippen LogP contribution in [0.4, 0.5) is 5.13 Å². The predicted molar refractivity (Wildman–Crippen MR) is 92.2 cm³/mol. The molecule has 2 N–H and O–H groups in total. The fraction of sp³-hybridized carbons (Fsp3) is 0.353. The van der Waals surface area contributed by atoms with Gasteiger partial charge in [0.05, 0.1) is 18.2 Å². The molecule has 0 radical (unpaired) electrons. The number of hydrogen-bond donors (Lipinski definition) is 2. The molecule has 2 heterocycles. The Morgan fingerprint density at radius 1 is 1.29 bits per heavy atom. The summed E-state index contributed by atoms with van der Waals surface area (Å²) in [4.78, 5) is 28.3. The van der Waals surface area contributed by atoms with Gasteiger partial charge in [0.2, 0.25) is 5.91 Å². The van der Waals surface area contributed by atoms with Crippen molar-refractivity contribution in [3.05, 3.63) is 47.0 Å². The Morgan fingerprint density at radius 2 is 2.12 bits per heavy atom. The topological polar surface area (TPSA) is 80.3 Å². The van der Waals surface area contributed by atoms with Crippen molar-refractivity contribution in [2.24, 2.45) is 0 Å². The summed E-state index contributed by atoms with van der Waals surface area (Å²) in [6.07, 6.45) is 2.37. The second kappa shape index (κ2) is 8.03. The third-order valence-electron chi connectivity index (χ3n) is 3.70. The molecule has 1 fully saturated rings. The van der Waals surface area contributed by atoms with Crippen LogP contribution in [0, 0.1) is 0 Å². The van der Waals surface area contributed by atoms with Crippen LogP contribution < -0.4 is 10.6 Å². The summed E-state index contributed by atoms with van der Waals surface area (Å²) in [5, 5.41) is 7.88. The molecule has 0 bridgehead atoms. The molecule has 1 atom stereocenters. The number of nitrogens with one attached hydrogen (secondary N) is 2. The van der Waals surface area contributed by atoms with Gasteiger partial charge in [-0.1, -0.05) is 18.2 Å². The normalized spacial score (nSPS) is 16.8. The summed E-state index contributed by atoms with van der Waals surface area (Å²) in [6, 6.07) is 8.94. The summed E-state index contributed by atoms with van der Waals surface area (Å²) in [5.41, 5.74) is 1.22. The van der Waals surface area contributed by atoms with E-state index < -0.39 is 0 Å². The Labute approximate surface area is 144 Å². The molecule has 0 unspecified atom stereocenters. The van der Waals surface area contributed by atoms with Crippen molar-refractivity contribution in [3.63, 3.8) is 0 Å². The van der Waals surface area contributed by atoms with E-state index in [2.05, 4.69) is 15.6 Å². The van der Waals surface area contributed by atoms with E-state index in [1.807, 2.05) is 6.07 Å². The molecule has 1 saturated heterocycles. The first kappa shape index (κ1) is 16.6. The van der Waals surface area contributed by atoms with Gasteiger partial charge in [-0.15, -0.1) is 11.3 Å². The van der Waals surface area contributed by atoms with Crippen LogP contribution in [-0.2, 0) is 16.0 Å². The average molecular weight is 345 g/mol. The Kier molecular flexibility index (Phi) is 5.55. The monoisotopic (exact) mass is 345 g/mol. The molecular formula is C17H19N3O3S. The Hall–Kier alpha value is -2.25. The van der Waals surface area contributed by atoms with Crippen molar-refractivity contribution in [2.45, 2.75) is 25.4 Å². The number of hydrogen-bond acceptors (Lipinski definition) is 5. The zero-order valence-electron chi connectivity index (χ0n) is 13.2. The molecule has 24 heavy (non-hydrogen) atoms. The number of thiazole rings is 1. The SMILES string of the molecule is O=C(Cc1csc(NC(=O)c2ccccc2)n1)NC[C@H]1CCCO1. The molecule has 0 saturated carbocycles. The molecule has 1 aliphatic rings. The number of benzene rings is 1. The van der Waals surface area contributed by atoms with Gasteiger partial charge < -0.3 is 10.1 Å². The van der Waals surface area contributed by atoms with Crippen LogP contribution in [0.15, 0.2) is 35.7 Å². The molecule has 3 rings (SSSR count). The number of amides is 2. The van der Waals surface area contributed by atoms with Gasteiger partial charge in [-0.05, 0) is 25.0 Å². The van der Waals surface area contributed by atoms with Crippen LogP contribution >= 0.6 is 11.3 Å². The minimum atomic E-state index is -0.209. The van der Waals surface area contributed by atoms with E-state index in [0.717, 1.165) is 19.4 Å². The van der Waals surface area contributed by atoms with E-state index in [1.165, 1.54) is 11.3 Å². The van der Waals surface area contributed by atoms with Gasteiger partial charge in [-0.25, -0.2) is 4.98 Å². The van der Waals surface area contributed by atoms with E-state index in [1.54, 1.807) is 29.6 Å². The second-order valence-electron chi connectivity index (χ2n) is 5.58. The zero-order valence-corrected chi connectivity index (χ0v) is 14.0. The molecular weight excluding hydrogens is 326 g/mol. The van der Waals surface area contributed by atoms with Crippen LogP contribution in [0.5, 0.6) is 0 Å².